The second-order valence-electron chi connectivity index (χ2n) is 5.28. The zero-order chi connectivity index (χ0) is 18.0. The van der Waals surface area contributed by atoms with Gasteiger partial charge in [0.2, 0.25) is 5.88 Å². The van der Waals surface area contributed by atoms with E-state index in [9.17, 15) is 15.2 Å². The van der Waals surface area contributed by atoms with Gasteiger partial charge in [-0.15, -0.1) is 0 Å². The molecule has 0 radical (unpaired) electrons. The van der Waals surface area contributed by atoms with E-state index >= 15 is 0 Å². The summed E-state index contributed by atoms with van der Waals surface area (Å²) in [4.78, 5) is 12.4. The largest absolute Gasteiger partial charge is 0.508 e. The molecule has 24 heavy (non-hydrogen) atoms. The molecule has 0 fully saturated rings. The van der Waals surface area contributed by atoms with Crippen molar-refractivity contribution in [2.75, 3.05) is 6.61 Å². The minimum Gasteiger partial charge on any atom is -0.508 e. The topological polar surface area (TPSA) is 106 Å². The molecule has 0 saturated carbocycles. The van der Waals surface area contributed by atoms with Gasteiger partial charge in [-0.3, -0.25) is 0 Å². The van der Waals surface area contributed by atoms with Crippen LogP contribution in [0.25, 0.3) is 0 Å². The lowest BCUT2D eigenvalue weighted by atomic mass is 9.82. The Labute approximate surface area is 148 Å². The predicted octanol–water partition coefficient (Wildman–Crippen LogP) is 3.11. The third-order valence-electron chi connectivity index (χ3n) is 3.72. The van der Waals surface area contributed by atoms with E-state index in [4.69, 9.17) is 15.2 Å². The van der Waals surface area contributed by atoms with Crippen molar-refractivity contribution < 1.29 is 19.4 Å². The maximum absolute atomic E-state index is 12.4. The summed E-state index contributed by atoms with van der Waals surface area (Å²) in [5.74, 6) is -1.37. The number of rotatable bonds is 3. The Kier molecular flexibility index (Phi) is 5.20. The van der Waals surface area contributed by atoms with E-state index in [1.54, 1.807) is 26.0 Å². The van der Waals surface area contributed by atoms with E-state index in [1.165, 1.54) is 0 Å². The van der Waals surface area contributed by atoms with Gasteiger partial charge in [0.1, 0.15) is 23.2 Å². The Morgan fingerprint density at radius 3 is 2.75 bits per heavy atom. The number of phenolic OH excluding ortho intramolecular Hbond substituents is 1. The van der Waals surface area contributed by atoms with Crippen molar-refractivity contribution in [2.24, 2.45) is 5.73 Å². The Bertz CT molecular complexity index is 806. The molecular formula is C17H17BrN2O4. The third-order valence-corrected chi connectivity index (χ3v) is 4.57. The van der Waals surface area contributed by atoms with Gasteiger partial charge in [-0.05, 0) is 38.5 Å². The van der Waals surface area contributed by atoms with Crippen molar-refractivity contribution in [1.82, 2.24) is 0 Å². The number of nitriles is 1. The quantitative estimate of drug-likeness (QED) is 0.765. The van der Waals surface area contributed by atoms with Crippen molar-refractivity contribution >= 4 is 21.9 Å². The summed E-state index contributed by atoms with van der Waals surface area (Å²) >= 11 is 3.40. The monoisotopic (exact) mass is 392 g/mol. The summed E-state index contributed by atoms with van der Waals surface area (Å²) in [6, 6.07) is 5.19. The summed E-state index contributed by atoms with van der Waals surface area (Å²) in [5.41, 5.74) is 7.20. The van der Waals surface area contributed by atoms with E-state index < -0.39 is 11.9 Å². The number of nitrogens with zero attached hydrogens (tertiary/aromatic N) is 1. The SMILES string of the molecule is CCOC(=O)C1=C(C)OC(N)=C(C#N)C1c1cc(Br)c(C)cc1O. The molecule has 0 spiro atoms. The predicted molar refractivity (Wildman–Crippen MR) is 90.5 cm³/mol. The van der Waals surface area contributed by atoms with E-state index in [-0.39, 0.29) is 35.1 Å². The maximum Gasteiger partial charge on any atom is 0.338 e. The number of hydrogen-bond donors (Lipinski definition) is 2. The summed E-state index contributed by atoms with van der Waals surface area (Å²) in [5, 5.41) is 19.9. The van der Waals surface area contributed by atoms with Gasteiger partial charge in [0, 0.05) is 10.0 Å². The minimum atomic E-state index is -0.861. The van der Waals surface area contributed by atoms with E-state index in [1.807, 2.05) is 13.0 Å². The van der Waals surface area contributed by atoms with Gasteiger partial charge in [-0.25, -0.2) is 4.79 Å². The molecule has 1 aromatic carbocycles. The van der Waals surface area contributed by atoms with Gasteiger partial charge in [-0.2, -0.15) is 5.26 Å². The molecule has 1 aromatic rings. The lowest BCUT2D eigenvalue weighted by Crippen LogP contribution is -2.25. The summed E-state index contributed by atoms with van der Waals surface area (Å²) in [7, 11) is 0. The average molecular weight is 393 g/mol. The molecule has 0 saturated heterocycles. The number of hydrogen-bond acceptors (Lipinski definition) is 6. The number of nitrogens with two attached hydrogens (primary N) is 1. The third kappa shape index (κ3) is 3.10. The smallest absolute Gasteiger partial charge is 0.338 e. The number of halogens is 1. The molecule has 0 bridgehead atoms. The standard InChI is InChI=1S/C17H17BrN2O4/c1-4-23-17(22)14-9(3)24-16(20)11(7-19)15(14)10-6-12(18)8(2)5-13(10)21/h5-6,15,21H,4,20H2,1-3H3. The van der Waals surface area contributed by atoms with E-state index in [0.717, 1.165) is 10.0 Å². The van der Waals surface area contributed by atoms with Crippen LogP contribution in [0.4, 0.5) is 0 Å². The van der Waals surface area contributed by atoms with Crippen LogP contribution in [0.1, 0.15) is 30.9 Å². The molecule has 1 aliphatic heterocycles. The van der Waals surface area contributed by atoms with Crippen LogP contribution >= 0.6 is 15.9 Å². The fourth-order valence-electron chi connectivity index (χ4n) is 2.58. The molecule has 1 unspecified atom stereocenters. The highest BCUT2D eigenvalue weighted by Crippen LogP contribution is 2.44. The number of phenols is 1. The molecule has 3 N–H and O–H groups in total. The zero-order valence-electron chi connectivity index (χ0n) is 13.5. The number of ether oxygens (including phenoxy) is 2. The minimum absolute atomic E-state index is 0.0438. The van der Waals surface area contributed by atoms with E-state index in [0.29, 0.717) is 5.56 Å². The number of allylic oxidation sites excluding steroid dienone is 2. The van der Waals surface area contributed by atoms with Gasteiger partial charge in [0.15, 0.2) is 0 Å². The van der Waals surface area contributed by atoms with Crippen molar-refractivity contribution in [3.63, 3.8) is 0 Å². The second kappa shape index (κ2) is 6.97. The van der Waals surface area contributed by atoms with Crippen LogP contribution in [0, 0.1) is 18.3 Å². The fraction of sp³-hybridized carbons (Fsp3) is 0.294. The lowest BCUT2D eigenvalue weighted by molar-refractivity contribution is -0.139. The Morgan fingerprint density at radius 1 is 1.50 bits per heavy atom. The highest BCUT2D eigenvalue weighted by Gasteiger charge is 2.37. The molecule has 7 heteroatoms. The van der Waals surface area contributed by atoms with Crippen molar-refractivity contribution in [3.05, 3.63) is 50.5 Å². The summed E-state index contributed by atoms with van der Waals surface area (Å²) in [6.07, 6.45) is 0. The van der Waals surface area contributed by atoms with Crippen LogP contribution in [0.2, 0.25) is 0 Å². The number of aromatic hydroxyl groups is 1. The summed E-state index contributed by atoms with van der Waals surface area (Å²) < 4.78 is 11.2. The number of aryl methyl sites for hydroxylation is 1. The second-order valence-corrected chi connectivity index (χ2v) is 6.13. The highest BCUT2D eigenvalue weighted by atomic mass is 79.9. The van der Waals surface area contributed by atoms with Crippen LogP contribution in [-0.4, -0.2) is 17.7 Å². The number of benzene rings is 1. The molecule has 2 rings (SSSR count). The van der Waals surface area contributed by atoms with Gasteiger partial charge in [0.25, 0.3) is 0 Å². The first-order valence-corrected chi connectivity index (χ1v) is 8.05. The Morgan fingerprint density at radius 2 is 2.17 bits per heavy atom. The fourth-order valence-corrected chi connectivity index (χ4v) is 2.94. The normalized spacial score (nSPS) is 17.4. The Balaban J connectivity index is 2.72. The molecule has 1 aliphatic rings. The van der Waals surface area contributed by atoms with Crippen molar-refractivity contribution in [1.29, 1.82) is 5.26 Å². The van der Waals surface area contributed by atoms with Crippen molar-refractivity contribution in [3.8, 4) is 11.8 Å². The molecule has 126 valence electrons. The lowest BCUT2D eigenvalue weighted by Gasteiger charge is -2.27. The van der Waals surface area contributed by atoms with Gasteiger partial charge >= 0.3 is 5.97 Å². The molecule has 1 heterocycles. The number of carbonyl (C=O) groups is 1. The molecule has 6 nitrogen and oxygen atoms in total. The first kappa shape index (κ1) is 17.9. The molecule has 0 amide bonds. The van der Waals surface area contributed by atoms with Gasteiger partial charge in [-0.1, -0.05) is 15.9 Å². The molecule has 0 aliphatic carbocycles. The first-order chi connectivity index (χ1) is 11.3. The van der Waals surface area contributed by atoms with Crippen LogP contribution in [0.15, 0.2) is 39.4 Å². The van der Waals surface area contributed by atoms with Crippen LogP contribution in [0.5, 0.6) is 5.75 Å². The van der Waals surface area contributed by atoms with Crippen LogP contribution < -0.4 is 5.73 Å². The summed E-state index contributed by atoms with van der Waals surface area (Å²) in [6.45, 7) is 5.25. The van der Waals surface area contributed by atoms with Crippen LogP contribution in [-0.2, 0) is 14.3 Å². The number of carbonyl (C=O) groups excluding carboxylic acids is 1. The molecule has 0 aromatic heterocycles. The molecule has 1 atom stereocenters. The van der Waals surface area contributed by atoms with Crippen LogP contribution in [0.3, 0.4) is 0 Å². The Hall–Kier alpha value is -2.46. The maximum atomic E-state index is 12.4. The van der Waals surface area contributed by atoms with Gasteiger partial charge in [0.05, 0.1) is 18.1 Å². The van der Waals surface area contributed by atoms with E-state index in [2.05, 4.69) is 15.9 Å². The van der Waals surface area contributed by atoms with Gasteiger partial charge < -0.3 is 20.3 Å². The number of esters is 1. The average Bonchev–Trinajstić information content (AvgIpc) is 2.50. The zero-order valence-corrected chi connectivity index (χ0v) is 15.1. The first-order valence-electron chi connectivity index (χ1n) is 7.26. The molecular weight excluding hydrogens is 376 g/mol. The van der Waals surface area contributed by atoms with Crippen molar-refractivity contribution in [2.45, 2.75) is 26.7 Å². The highest BCUT2D eigenvalue weighted by molar-refractivity contribution is 9.10.